The molecule has 0 aliphatic heterocycles. The molecule has 0 aliphatic carbocycles. The summed E-state index contributed by atoms with van der Waals surface area (Å²) in [5.74, 6) is 1.50. The molecular weight excluding hydrogens is 262 g/mol. The minimum Gasteiger partial charge on any atom is -0.486 e. The normalized spacial score (nSPS) is 9.84. The van der Waals surface area contributed by atoms with Gasteiger partial charge in [-0.3, -0.25) is 0 Å². The number of rotatable bonds is 4. The van der Waals surface area contributed by atoms with Gasteiger partial charge in [-0.25, -0.2) is 9.97 Å². The fourth-order valence-corrected chi connectivity index (χ4v) is 1.83. The van der Waals surface area contributed by atoms with E-state index in [9.17, 15) is 0 Å². The van der Waals surface area contributed by atoms with Gasteiger partial charge in [0.25, 0.3) is 0 Å². The third-order valence-corrected chi connectivity index (χ3v) is 2.78. The van der Waals surface area contributed by atoms with Gasteiger partial charge < -0.3 is 10.5 Å². The number of para-hydroxylation sites is 1. The predicted octanol–water partition coefficient (Wildman–Crippen LogP) is 2.55. The first-order valence-corrected chi connectivity index (χ1v) is 5.91. The van der Waals surface area contributed by atoms with Gasteiger partial charge in [0.2, 0.25) is 0 Å². The number of hydrogen-bond donors (Lipinski definition) is 1. The van der Waals surface area contributed by atoms with Gasteiger partial charge >= 0.3 is 0 Å². The van der Waals surface area contributed by atoms with E-state index in [1.807, 2.05) is 44.2 Å². The standard InChI is InChI=1S/C14H17N3O.ClH/c1-10-13(8-15)11(2)17-14(16-10)9-18-12-6-4-3-5-7-12;/h3-7H,8-9,15H2,1-2H3;1H. The average molecular weight is 280 g/mol. The van der Waals surface area contributed by atoms with E-state index < -0.39 is 0 Å². The molecule has 102 valence electrons. The summed E-state index contributed by atoms with van der Waals surface area (Å²) in [5, 5.41) is 0. The van der Waals surface area contributed by atoms with Crippen LogP contribution in [-0.4, -0.2) is 9.97 Å². The zero-order valence-corrected chi connectivity index (χ0v) is 11.9. The van der Waals surface area contributed by atoms with E-state index in [4.69, 9.17) is 10.5 Å². The van der Waals surface area contributed by atoms with Crippen LogP contribution in [0.15, 0.2) is 30.3 Å². The Hall–Kier alpha value is -1.65. The lowest BCUT2D eigenvalue weighted by molar-refractivity contribution is 0.295. The molecule has 0 radical (unpaired) electrons. The zero-order valence-electron chi connectivity index (χ0n) is 11.1. The maximum atomic E-state index is 5.66. The molecule has 2 aromatic rings. The number of aromatic nitrogens is 2. The highest BCUT2D eigenvalue weighted by Gasteiger charge is 2.07. The molecule has 0 spiro atoms. The third kappa shape index (κ3) is 3.91. The molecule has 19 heavy (non-hydrogen) atoms. The van der Waals surface area contributed by atoms with E-state index in [2.05, 4.69) is 9.97 Å². The molecule has 0 unspecified atom stereocenters. The minimum absolute atomic E-state index is 0. The van der Waals surface area contributed by atoms with Crippen LogP contribution in [0.1, 0.15) is 22.8 Å². The van der Waals surface area contributed by atoms with Crippen molar-refractivity contribution in [2.24, 2.45) is 5.73 Å². The third-order valence-electron chi connectivity index (χ3n) is 2.78. The Bertz CT molecular complexity index is 508. The number of aryl methyl sites for hydroxylation is 2. The molecule has 0 bridgehead atoms. The molecule has 0 saturated heterocycles. The first-order valence-electron chi connectivity index (χ1n) is 5.91. The van der Waals surface area contributed by atoms with E-state index in [-0.39, 0.29) is 12.4 Å². The Kier molecular flexibility index (Phi) is 5.73. The van der Waals surface area contributed by atoms with Crippen molar-refractivity contribution in [3.8, 4) is 5.75 Å². The lowest BCUT2D eigenvalue weighted by Gasteiger charge is -2.10. The lowest BCUT2D eigenvalue weighted by Crippen LogP contribution is -2.10. The van der Waals surface area contributed by atoms with Crippen molar-refractivity contribution < 1.29 is 4.74 Å². The average Bonchev–Trinajstić information content (AvgIpc) is 2.37. The number of ether oxygens (including phenoxy) is 1. The Morgan fingerprint density at radius 2 is 1.63 bits per heavy atom. The van der Waals surface area contributed by atoms with Gasteiger partial charge in [-0.1, -0.05) is 18.2 Å². The summed E-state index contributed by atoms with van der Waals surface area (Å²) in [5.41, 5.74) is 8.52. The molecular formula is C14H18ClN3O. The van der Waals surface area contributed by atoms with Crippen molar-refractivity contribution >= 4 is 12.4 Å². The molecule has 5 heteroatoms. The summed E-state index contributed by atoms with van der Waals surface area (Å²) in [7, 11) is 0. The van der Waals surface area contributed by atoms with Gasteiger partial charge in [0.15, 0.2) is 5.82 Å². The maximum absolute atomic E-state index is 5.66. The topological polar surface area (TPSA) is 61.0 Å². The fraction of sp³-hybridized carbons (Fsp3) is 0.286. The van der Waals surface area contributed by atoms with Crippen LogP contribution in [0, 0.1) is 13.8 Å². The van der Waals surface area contributed by atoms with Gasteiger partial charge in [-0.2, -0.15) is 0 Å². The minimum atomic E-state index is 0. The number of halogens is 1. The van der Waals surface area contributed by atoms with E-state index in [0.29, 0.717) is 19.0 Å². The van der Waals surface area contributed by atoms with E-state index >= 15 is 0 Å². The summed E-state index contributed by atoms with van der Waals surface area (Å²) < 4.78 is 5.62. The first kappa shape index (κ1) is 15.4. The molecule has 0 atom stereocenters. The van der Waals surface area contributed by atoms with Crippen molar-refractivity contribution in [3.63, 3.8) is 0 Å². The first-order chi connectivity index (χ1) is 8.70. The monoisotopic (exact) mass is 279 g/mol. The smallest absolute Gasteiger partial charge is 0.166 e. The Morgan fingerprint density at radius 3 is 2.16 bits per heavy atom. The molecule has 0 aliphatic rings. The van der Waals surface area contributed by atoms with Crippen molar-refractivity contribution in [2.75, 3.05) is 0 Å². The Balaban J connectivity index is 0.00000180. The van der Waals surface area contributed by atoms with Crippen molar-refractivity contribution in [1.29, 1.82) is 0 Å². The second-order valence-corrected chi connectivity index (χ2v) is 4.10. The van der Waals surface area contributed by atoms with Gasteiger partial charge in [0.05, 0.1) is 0 Å². The molecule has 1 aromatic heterocycles. The number of hydrogen-bond acceptors (Lipinski definition) is 4. The molecule has 0 saturated carbocycles. The van der Waals surface area contributed by atoms with Crippen molar-refractivity contribution in [3.05, 3.63) is 53.1 Å². The number of nitrogens with zero attached hydrogens (tertiary/aromatic N) is 2. The highest BCUT2D eigenvalue weighted by molar-refractivity contribution is 5.85. The number of benzene rings is 1. The lowest BCUT2D eigenvalue weighted by atomic mass is 10.2. The van der Waals surface area contributed by atoms with E-state index in [0.717, 1.165) is 22.7 Å². The van der Waals surface area contributed by atoms with Crippen LogP contribution in [0.2, 0.25) is 0 Å². The second kappa shape index (κ2) is 7.07. The number of nitrogens with two attached hydrogens (primary N) is 1. The molecule has 0 fully saturated rings. The highest BCUT2D eigenvalue weighted by Crippen LogP contribution is 2.12. The van der Waals surface area contributed by atoms with Gasteiger partial charge in [0.1, 0.15) is 12.4 Å². The van der Waals surface area contributed by atoms with Crippen LogP contribution in [0.25, 0.3) is 0 Å². The molecule has 0 amide bonds. The second-order valence-electron chi connectivity index (χ2n) is 4.10. The zero-order chi connectivity index (χ0) is 13.0. The molecule has 1 aromatic carbocycles. The van der Waals surface area contributed by atoms with Crippen LogP contribution in [-0.2, 0) is 13.2 Å². The van der Waals surface area contributed by atoms with Crippen molar-refractivity contribution in [1.82, 2.24) is 9.97 Å². The summed E-state index contributed by atoms with van der Waals surface area (Å²) in [6.45, 7) is 4.74. The predicted molar refractivity (Wildman–Crippen MR) is 77.4 cm³/mol. The van der Waals surface area contributed by atoms with Crippen LogP contribution in [0.3, 0.4) is 0 Å². The van der Waals surface area contributed by atoms with Crippen LogP contribution < -0.4 is 10.5 Å². The largest absolute Gasteiger partial charge is 0.486 e. The Morgan fingerprint density at radius 1 is 1.05 bits per heavy atom. The highest BCUT2D eigenvalue weighted by atomic mass is 35.5. The van der Waals surface area contributed by atoms with Gasteiger partial charge in [-0.05, 0) is 26.0 Å². The van der Waals surface area contributed by atoms with E-state index in [1.165, 1.54) is 0 Å². The van der Waals surface area contributed by atoms with Gasteiger partial charge in [-0.15, -0.1) is 12.4 Å². The quantitative estimate of drug-likeness (QED) is 0.934. The summed E-state index contributed by atoms with van der Waals surface area (Å²) >= 11 is 0. The summed E-state index contributed by atoms with van der Waals surface area (Å²) in [4.78, 5) is 8.81. The van der Waals surface area contributed by atoms with Crippen LogP contribution in [0.4, 0.5) is 0 Å². The molecule has 4 nitrogen and oxygen atoms in total. The molecule has 2 N–H and O–H groups in total. The SMILES string of the molecule is Cc1nc(COc2ccccc2)nc(C)c1CN.Cl. The van der Waals surface area contributed by atoms with Crippen LogP contribution in [0.5, 0.6) is 5.75 Å². The van der Waals surface area contributed by atoms with E-state index in [1.54, 1.807) is 0 Å². The summed E-state index contributed by atoms with van der Waals surface area (Å²) in [6, 6.07) is 9.64. The Labute approximate surface area is 119 Å². The van der Waals surface area contributed by atoms with Crippen LogP contribution >= 0.6 is 12.4 Å². The van der Waals surface area contributed by atoms with Gasteiger partial charge in [0, 0.05) is 23.5 Å². The molecule has 2 rings (SSSR count). The van der Waals surface area contributed by atoms with Crippen molar-refractivity contribution in [2.45, 2.75) is 27.0 Å². The summed E-state index contributed by atoms with van der Waals surface area (Å²) in [6.07, 6.45) is 0. The molecule has 1 heterocycles. The fourth-order valence-electron chi connectivity index (χ4n) is 1.83. The maximum Gasteiger partial charge on any atom is 0.166 e.